The van der Waals surface area contributed by atoms with E-state index in [1.54, 1.807) is 0 Å². The number of morpholine rings is 1. The predicted molar refractivity (Wildman–Crippen MR) is 168 cm³/mol. The van der Waals surface area contributed by atoms with E-state index >= 15 is 0 Å². The van der Waals surface area contributed by atoms with Crippen LogP contribution >= 0.6 is 0 Å². The molecule has 3 aromatic rings. The van der Waals surface area contributed by atoms with E-state index in [-0.39, 0.29) is 11.8 Å². The van der Waals surface area contributed by atoms with Crippen molar-refractivity contribution in [2.45, 2.75) is 58.4 Å². The van der Waals surface area contributed by atoms with E-state index in [0.717, 1.165) is 98.2 Å². The van der Waals surface area contributed by atoms with Gasteiger partial charge in [0.15, 0.2) is 0 Å². The summed E-state index contributed by atoms with van der Waals surface area (Å²) in [7, 11) is 1.96. The third-order valence-corrected chi connectivity index (χ3v) is 9.72. The molecule has 2 amide bonds. The van der Waals surface area contributed by atoms with Crippen molar-refractivity contribution in [2.75, 3.05) is 50.8 Å². The molecule has 0 radical (unpaired) electrons. The minimum atomic E-state index is -0.0114. The molecule has 8 heteroatoms. The molecule has 3 aliphatic rings. The molecule has 3 aliphatic heterocycles. The normalized spacial score (nSPS) is 17.8. The van der Waals surface area contributed by atoms with Gasteiger partial charge in [-0.1, -0.05) is 24.3 Å². The average molecular weight is 584 g/mol. The summed E-state index contributed by atoms with van der Waals surface area (Å²) < 4.78 is 7.36. The maximum atomic E-state index is 13.9. The highest BCUT2D eigenvalue weighted by molar-refractivity contribution is 6.06. The highest BCUT2D eigenvalue weighted by atomic mass is 16.5. The second-order valence-electron chi connectivity index (χ2n) is 12.5. The maximum absolute atomic E-state index is 13.9. The van der Waals surface area contributed by atoms with E-state index in [1.807, 2.05) is 59.2 Å². The fourth-order valence-corrected chi connectivity index (χ4v) is 6.97. The molecule has 0 bridgehead atoms. The summed E-state index contributed by atoms with van der Waals surface area (Å²) in [6.45, 7) is 9.33. The van der Waals surface area contributed by atoms with Crippen molar-refractivity contribution >= 4 is 17.5 Å². The van der Waals surface area contributed by atoms with E-state index in [0.29, 0.717) is 24.9 Å². The number of hydrogen-bond donors (Lipinski definition) is 0. The van der Waals surface area contributed by atoms with Gasteiger partial charge >= 0.3 is 0 Å². The lowest BCUT2D eigenvalue weighted by Gasteiger charge is -2.33. The van der Waals surface area contributed by atoms with Crippen molar-refractivity contribution in [3.05, 3.63) is 82.2 Å². The Morgan fingerprint density at radius 2 is 1.79 bits per heavy atom. The molecule has 2 fully saturated rings. The monoisotopic (exact) mass is 583 g/mol. The summed E-state index contributed by atoms with van der Waals surface area (Å²) in [4.78, 5) is 33.4. The number of fused-ring (bicyclic) bond motifs is 2. The van der Waals surface area contributed by atoms with Crippen molar-refractivity contribution < 1.29 is 14.3 Å². The van der Waals surface area contributed by atoms with Gasteiger partial charge in [-0.15, -0.1) is 0 Å². The van der Waals surface area contributed by atoms with Crippen LogP contribution in [-0.4, -0.2) is 77.3 Å². The Kier molecular flexibility index (Phi) is 9.24. The molecule has 43 heavy (non-hydrogen) atoms. The van der Waals surface area contributed by atoms with E-state index < -0.39 is 0 Å². The number of ether oxygens (including phenoxy) is 1. The number of aromatic nitrogens is 2. The summed E-state index contributed by atoms with van der Waals surface area (Å²) in [5.41, 5.74) is 7.17. The van der Waals surface area contributed by atoms with Crippen LogP contribution in [0.5, 0.6) is 0 Å². The molecule has 4 heterocycles. The summed E-state index contributed by atoms with van der Waals surface area (Å²) in [5.74, 6) is 0.973. The predicted octanol–water partition coefficient (Wildman–Crippen LogP) is 4.76. The molecule has 0 aliphatic carbocycles. The molecule has 2 aromatic carbocycles. The van der Waals surface area contributed by atoms with Gasteiger partial charge in [-0.3, -0.25) is 19.2 Å². The van der Waals surface area contributed by atoms with E-state index in [2.05, 4.69) is 27.9 Å². The van der Waals surface area contributed by atoms with E-state index in [1.165, 1.54) is 19.4 Å². The minimum Gasteiger partial charge on any atom is -0.379 e. The molecule has 0 unspecified atom stereocenters. The standard InChI is InChI=1S/C35H45N5O3/c1-26-22-30(35(42)40-25-31-24-36-37(2)33(31)23-29-7-3-4-8-32(29)40)10-9-28(26)11-12-34(41)39-16-13-27(14-17-39)6-5-15-38-18-20-43-21-19-38/h3-4,7-10,22,24,27H,5-6,11-21,23,25H2,1-2H3. The van der Waals surface area contributed by atoms with E-state index in [4.69, 9.17) is 4.74 Å². The molecule has 2 saturated heterocycles. The highest BCUT2D eigenvalue weighted by Crippen LogP contribution is 2.32. The zero-order valence-electron chi connectivity index (χ0n) is 25.8. The first-order valence-electron chi connectivity index (χ1n) is 16.0. The first kappa shape index (κ1) is 29.6. The Bertz CT molecular complexity index is 1430. The third kappa shape index (κ3) is 6.86. The number of benzene rings is 2. The number of rotatable bonds is 8. The van der Waals surface area contributed by atoms with Crippen molar-refractivity contribution in [3.8, 4) is 0 Å². The summed E-state index contributed by atoms with van der Waals surface area (Å²) in [6, 6.07) is 14.1. The molecule has 228 valence electrons. The van der Waals surface area contributed by atoms with Crippen LogP contribution in [0.2, 0.25) is 0 Å². The Morgan fingerprint density at radius 3 is 2.58 bits per heavy atom. The number of likely N-dealkylation sites (tertiary alicyclic amines) is 1. The topological polar surface area (TPSA) is 70.9 Å². The lowest BCUT2D eigenvalue weighted by molar-refractivity contribution is -0.132. The number of carbonyl (C=O) groups is 2. The van der Waals surface area contributed by atoms with Gasteiger partial charge in [0.05, 0.1) is 26.0 Å². The zero-order valence-corrected chi connectivity index (χ0v) is 25.8. The number of carbonyl (C=O) groups excluding carboxylic acids is 2. The summed E-state index contributed by atoms with van der Waals surface area (Å²) >= 11 is 0. The SMILES string of the molecule is Cc1cc(C(=O)N2Cc3cnn(C)c3Cc3ccccc32)ccc1CCC(=O)N1CCC(CCCN2CCOCC2)CC1. The van der Waals surface area contributed by atoms with Crippen LogP contribution in [0.25, 0.3) is 0 Å². The van der Waals surface area contributed by atoms with Crippen LogP contribution in [0.1, 0.15) is 70.4 Å². The Morgan fingerprint density at radius 1 is 1.00 bits per heavy atom. The van der Waals surface area contributed by atoms with Gasteiger partial charge in [-0.25, -0.2) is 0 Å². The van der Waals surface area contributed by atoms with Gasteiger partial charge in [0.25, 0.3) is 5.91 Å². The molecule has 0 saturated carbocycles. The number of para-hydroxylation sites is 1. The largest absolute Gasteiger partial charge is 0.379 e. The smallest absolute Gasteiger partial charge is 0.258 e. The number of aryl methyl sites for hydroxylation is 3. The number of amides is 2. The molecule has 1 aromatic heterocycles. The average Bonchev–Trinajstić information content (AvgIpc) is 3.28. The molecule has 8 nitrogen and oxygen atoms in total. The Hall–Kier alpha value is -3.49. The first-order valence-corrected chi connectivity index (χ1v) is 16.0. The second-order valence-corrected chi connectivity index (χ2v) is 12.5. The van der Waals surface area contributed by atoms with Crippen LogP contribution in [0.3, 0.4) is 0 Å². The summed E-state index contributed by atoms with van der Waals surface area (Å²) in [6.07, 6.45) is 8.58. The fraction of sp³-hybridized carbons (Fsp3) is 0.514. The van der Waals surface area contributed by atoms with Crippen molar-refractivity contribution in [3.63, 3.8) is 0 Å². The van der Waals surface area contributed by atoms with Crippen molar-refractivity contribution in [1.29, 1.82) is 0 Å². The second kappa shape index (κ2) is 13.4. The molecular formula is C35H45N5O3. The Labute approximate surface area is 255 Å². The number of hydrogen-bond acceptors (Lipinski definition) is 5. The van der Waals surface area contributed by atoms with Gasteiger partial charge in [-0.05, 0) is 86.4 Å². The van der Waals surface area contributed by atoms with Gasteiger partial charge in [0, 0.05) is 68.6 Å². The number of piperidine rings is 1. The minimum absolute atomic E-state index is 0.0114. The van der Waals surface area contributed by atoms with Gasteiger partial charge in [-0.2, -0.15) is 5.10 Å². The lowest BCUT2D eigenvalue weighted by atomic mass is 9.91. The molecule has 0 N–H and O–H groups in total. The number of nitrogens with zero attached hydrogens (tertiary/aromatic N) is 5. The Balaban J connectivity index is 1.02. The third-order valence-electron chi connectivity index (χ3n) is 9.72. The summed E-state index contributed by atoms with van der Waals surface area (Å²) in [5, 5.41) is 4.45. The number of anilines is 1. The van der Waals surface area contributed by atoms with Crippen molar-refractivity contribution in [2.24, 2.45) is 13.0 Å². The lowest BCUT2D eigenvalue weighted by Crippen LogP contribution is -2.39. The fourth-order valence-electron chi connectivity index (χ4n) is 6.97. The quantitative estimate of drug-likeness (QED) is 0.382. The zero-order chi connectivity index (χ0) is 29.8. The van der Waals surface area contributed by atoms with Gasteiger partial charge in [0.1, 0.15) is 0 Å². The molecule has 6 rings (SSSR count). The first-order chi connectivity index (χ1) is 21.0. The molecule has 0 spiro atoms. The van der Waals surface area contributed by atoms with Gasteiger partial charge in [0.2, 0.25) is 5.91 Å². The van der Waals surface area contributed by atoms with Crippen molar-refractivity contribution in [1.82, 2.24) is 19.6 Å². The van der Waals surface area contributed by atoms with Gasteiger partial charge < -0.3 is 14.5 Å². The maximum Gasteiger partial charge on any atom is 0.258 e. The van der Waals surface area contributed by atoms with Crippen LogP contribution in [-0.2, 0) is 36.0 Å². The van der Waals surface area contributed by atoms with E-state index in [9.17, 15) is 9.59 Å². The molecule has 0 atom stereocenters. The highest BCUT2D eigenvalue weighted by Gasteiger charge is 2.27. The van der Waals surface area contributed by atoms with Crippen LogP contribution in [0.4, 0.5) is 5.69 Å². The van der Waals surface area contributed by atoms with Crippen LogP contribution in [0, 0.1) is 12.8 Å². The molecular weight excluding hydrogens is 538 g/mol. The van der Waals surface area contributed by atoms with Crippen LogP contribution in [0.15, 0.2) is 48.7 Å². The van der Waals surface area contributed by atoms with Crippen LogP contribution < -0.4 is 4.90 Å².